The number of pyridine rings is 2. The third kappa shape index (κ3) is 3.27. The highest BCUT2D eigenvalue weighted by Crippen LogP contribution is 2.14. The number of rotatable bonds is 4. The normalized spacial score (nSPS) is 11.4. The first-order valence-electron chi connectivity index (χ1n) is 5.60. The zero-order valence-corrected chi connectivity index (χ0v) is 11.2. The number of nitrogens with zero attached hydrogens (tertiary/aromatic N) is 2. The van der Waals surface area contributed by atoms with Crippen LogP contribution in [0.1, 0.15) is 11.1 Å². The molecule has 0 aliphatic heterocycles. The molecule has 0 aromatic carbocycles. The maximum atomic E-state index is 12.1. The van der Waals surface area contributed by atoms with Crippen molar-refractivity contribution >= 4 is 15.8 Å². The highest BCUT2D eigenvalue weighted by Gasteiger charge is 2.15. The molecule has 0 saturated heterocycles. The number of nitrogens with one attached hydrogen (secondary N) is 1. The lowest BCUT2D eigenvalue weighted by atomic mass is 10.3. The molecule has 19 heavy (non-hydrogen) atoms. The number of aromatic nitrogens is 2. The molecule has 100 valence electrons. The molecule has 6 nitrogen and oxygen atoms in total. The number of anilines is 1. The van der Waals surface area contributed by atoms with Gasteiger partial charge in [-0.3, -0.25) is 4.98 Å². The van der Waals surface area contributed by atoms with Crippen LogP contribution in [0.15, 0.2) is 41.7 Å². The first kappa shape index (κ1) is 13.4. The fraction of sp³-hybridized carbons (Fsp3) is 0.167. The number of sulfonamides is 1. The summed E-state index contributed by atoms with van der Waals surface area (Å²) in [6.45, 7) is 1.92. The molecule has 7 heteroatoms. The summed E-state index contributed by atoms with van der Waals surface area (Å²) in [5, 5.41) is 0. The van der Waals surface area contributed by atoms with E-state index in [2.05, 4.69) is 14.7 Å². The quantitative estimate of drug-likeness (QED) is 0.863. The van der Waals surface area contributed by atoms with E-state index in [0.717, 1.165) is 5.56 Å². The van der Waals surface area contributed by atoms with Gasteiger partial charge in [0.25, 0.3) is 0 Å². The van der Waals surface area contributed by atoms with Gasteiger partial charge in [0.1, 0.15) is 10.7 Å². The van der Waals surface area contributed by atoms with Crippen molar-refractivity contribution in [1.82, 2.24) is 14.7 Å². The zero-order chi connectivity index (χ0) is 13.9. The molecule has 0 amide bonds. The topological polar surface area (TPSA) is 98.0 Å². The summed E-state index contributed by atoms with van der Waals surface area (Å²) in [5.41, 5.74) is 7.03. The van der Waals surface area contributed by atoms with Gasteiger partial charge < -0.3 is 5.73 Å². The zero-order valence-electron chi connectivity index (χ0n) is 10.4. The molecule has 0 saturated carbocycles. The molecule has 0 radical (unpaired) electrons. The second-order valence-electron chi connectivity index (χ2n) is 4.05. The predicted octanol–water partition coefficient (Wildman–Crippen LogP) is 0.846. The van der Waals surface area contributed by atoms with E-state index in [1.807, 2.05) is 0 Å². The molecule has 0 aliphatic carbocycles. The average Bonchev–Trinajstić information content (AvgIpc) is 2.41. The van der Waals surface area contributed by atoms with Crippen molar-refractivity contribution < 1.29 is 8.42 Å². The molecular formula is C12H14N4O2S. The van der Waals surface area contributed by atoms with E-state index < -0.39 is 10.0 Å². The summed E-state index contributed by atoms with van der Waals surface area (Å²) in [7, 11) is -3.59. The SMILES string of the molecule is Cc1cc(S(=O)(=O)NCc2ccncc2)cnc1N. The Morgan fingerprint density at radius 1 is 1.32 bits per heavy atom. The third-order valence-corrected chi connectivity index (χ3v) is 3.99. The van der Waals surface area contributed by atoms with Crippen LogP contribution in [0.5, 0.6) is 0 Å². The van der Waals surface area contributed by atoms with Gasteiger partial charge in [-0.25, -0.2) is 18.1 Å². The van der Waals surface area contributed by atoms with Gasteiger partial charge in [0.15, 0.2) is 0 Å². The highest BCUT2D eigenvalue weighted by molar-refractivity contribution is 7.89. The van der Waals surface area contributed by atoms with Crippen molar-refractivity contribution in [1.29, 1.82) is 0 Å². The molecule has 0 bridgehead atoms. The van der Waals surface area contributed by atoms with Crippen LogP contribution in [0.2, 0.25) is 0 Å². The van der Waals surface area contributed by atoms with Crippen LogP contribution in [0.4, 0.5) is 5.82 Å². The molecule has 2 aromatic heterocycles. The van der Waals surface area contributed by atoms with E-state index in [1.165, 1.54) is 12.3 Å². The van der Waals surface area contributed by atoms with Gasteiger partial charge in [0, 0.05) is 25.1 Å². The third-order valence-electron chi connectivity index (χ3n) is 2.62. The fourth-order valence-corrected chi connectivity index (χ4v) is 2.52. The maximum Gasteiger partial charge on any atom is 0.242 e. The van der Waals surface area contributed by atoms with Crippen molar-refractivity contribution in [3.8, 4) is 0 Å². The molecule has 0 aliphatic rings. The van der Waals surface area contributed by atoms with Crippen molar-refractivity contribution in [3.05, 3.63) is 47.9 Å². The maximum absolute atomic E-state index is 12.1. The molecular weight excluding hydrogens is 264 g/mol. The lowest BCUT2D eigenvalue weighted by Gasteiger charge is -2.08. The Morgan fingerprint density at radius 3 is 2.63 bits per heavy atom. The van der Waals surface area contributed by atoms with E-state index in [1.54, 1.807) is 31.5 Å². The van der Waals surface area contributed by atoms with Gasteiger partial charge in [-0.2, -0.15) is 0 Å². The minimum Gasteiger partial charge on any atom is -0.383 e. The van der Waals surface area contributed by atoms with E-state index in [0.29, 0.717) is 11.4 Å². The molecule has 0 atom stereocenters. The smallest absolute Gasteiger partial charge is 0.242 e. The van der Waals surface area contributed by atoms with Crippen LogP contribution in [0.3, 0.4) is 0 Å². The van der Waals surface area contributed by atoms with E-state index in [-0.39, 0.29) is 11.4 Å². The lowest BCUT2D eigenvalue weighted by Crippen LogP contribution is -2.23. The largest absolute Gasteiger partial charge is 0.383 e. The summed E-state index contributed by atoms with van der Waals surface area (Å²) in [6.07, 6.45) is 4.47. The number of hydrogen-bond acceptors (Lipinski definition) is 5. The van der Waals surface area contributed by atoms with Crippen LogP contribution in [0, 0.1) is 6.92 Å². The Kier molecular flexibility index (Phi) is 3.77. The summed E-state index contributed by atoms with van der Waals surface area (Å²) in [6, 6.07) is 4.99. The summed E-state index contributed by atoms with van der Waals surface area (Å²) >= 11 is 0. The van der Waals surface area contributed by atoms with Crippen LogP contribution in [0.25, 0.3) is 0 Å². The molecule has 0 spiro atoms. The molecule has 2 rings (SSSR count). The summed E-state index contributed by atoms with van der Waals surface area (Å²) in [5.74, 6) is 0.327. The van der Waals surface area contributed by atoms with Crippen molar-refractivity contribution in [2.45, 2.75) is 18.4 Å². The Morgan fingerprint density at radius 2 is 2.00 bits per heavy atom. The Bertz CT molecular complexity index is 671. The number of nitrogens with two attached hydrogens (primary N) is 1. The fourth-order valence-electron chi connectivity index (χ4n) is 1.47. The molecule has 2 heterocycles. The lowest BCUT2D eigenvalue weighted by molar-refractivity contribution is 0.581. The molecule has 0 fully saturated rings. The van der Waals surface area contributed by atoms with Gasteiger partial charge in [0.05, 0.1) is 0 Å². The first-order chi connectivity index (χ1) is 8.99. The van der Waals surface area contributed by atoms with E-state index >= 15 is 0 Å². The standard InChI is InChI=1S/C12H14N4O2S/c1-9-6-11(8-15-12(9)13)19(17,18)16-7-10-2-4-14-5-3-10/h2-6,8,16H,7H2,1H3,(H2,13,15). The van der Waals surface area contributed by atoms with Crippen LogP contribution < -0.4 is 10.5 Å². The number of hydrogen-bond donors (Lipinski definition) is 2. The summed E-state index contributed by atoms with van der Waals surface area (Å²) in [4.78, 5) is 7.82. The predicted molar refractivity (Wildman–Crippen MR) is 71.6 cm³/mol. The van der Waals surface area contributed by atoms with E-state index in [9.17, 15) is 8.42 Å². The highest BCUT2D eigenvalue weighted by atomic mass is 32.2. The van der Waals surface area contributed by atoms with Gasteiger partial charge in [0.2, 0.25) is 10.0 Å². The van der Waals surface area contributed by atoms with Crippen LogP contribution in [-0.2, 0) is 16.6 Å². The minimum absolute atomic E-state index is 0.105. The second-order valence-corrected chi connectivity index (χ2v) is 5.82. The van der Waals surface area contributed by atoms with Gasteiger partial charge in [-0.05, 0) is 36.2 Å². The Balaban J connectivity index is 2.16. The van der Waals surface area contributed by atoms with Crippen molar-refractivity contribution in [3.63, 3.8) is 0 Å². The monoisotopic (exact) mass is 278 g/mol. The first-order valence-corrected chi connectivity index (χ1v) is 7.08. The Hall–Kier alpha value is -1.99. The summed E-state index contributed by atoms with van der Waals surface area (Å²) < 4.78 is 26.6. The van der Waals surface area contributed by atoms with Crippen molar-refractivity contribution in [2.24, 2.45) is 0 Å². The van der Waals surface area contributed by atoms with Gasteiger partial charge in [-0.1, -0.05) is 0 Å². The number of nitrogen functional groups attached to an aromatic ring is 1. The van der Waals surface area contributed by atoms with Crippen LogP contribution in [-0.4, -0.2) is 18.4 Å². The van der Waals surface area contributed by atoms with Crippen LogP contribution >= 0.6 is 0 Å². The number of aryl methyl sites for hydroxylation is 1. The second kappa shape index (κ2) is 5.33. The Labute approximate surface area is 111 Å². The average molecular weight is 278 g/mol. The minimum atomic E-state index is -3.59. The molecule has 0 unspecified atom stereocenters. The van der Waals surface area contributed by atoms with Gasteiger partial charge in [-0.15, -0.1) is 0 Å². The molecule has 2 aromatic rings. The molecule has 3 N–H and O–H groups in total. The van der Waals surface area contributed by atoms with Gasteiger partial charge >= 0.3 is 0 Å². The van der Waals surface area contributed by atoms with Crippen molar-refractivity contribution in [2.75, 3.05) is 5.73 Å². The van der Waals surface area contributed by atoms with E-state index in [4.69, 9.17) is 5.73 Å².